The average Bonchev–Trinajstić information content (AvgIpc) is 2.95. The molecule has 1 unspecified atom stereocenters. The molecule has 1 atom stereocenters. The second kappa shape index (κ2) is 6.76. The molecule has 2 N–H and O–H groups in total. The van der Waals surface area contributed by atoms with E-state index in [1.165, 1.54) is 11.0 Å². The zero-order valence-electron chi connectivity index (χ0n) is 11.5. The molecule has 22 heavy (non-hydrogen) atoms. The third-order valence-electron chi connectivity index (χ3n) is 3.40. The normalized spacial score (nSPS) is 18.4. The summed E-state index contributed by atoms with van der Waals surface area (Å²) in [5.41, 5.74) is 0. The van der Waals surface area contributed by atoms with Gasteiger partial charge in [-0.1, -0.05) is 12.1 Å². The molecule has 0 saturated carbocycles. The number of nitrogens with one attached hydrogen (secondary N) is 1. The largest absolute Gasteiger partial charge is 0.480 e. The van der Waals surface area contributed by atoms with Crippen molar-refractivity contribution >= 4 is 37.8 Å². The Morgan fingerprint density at radius 3 is 2.68 bits per heavy atom. The Kier molecular flexibility index (Phi) is 5.20. The Morgan fingerprint density at radius 1 is 1.36 bits per heavy atom. The van der Waals surface area contributed by atoms with E-state index in [2.05, 4.69) is 20.7 Å². The SMILES string of the molecule is O=C(O)C1CCCN1C(=O)CNS(=O)(=O)c1ccccc1Br. The first-order valence-electron chi connectivity index (χ1n) is 6.59. The lowest BCUT2D eigenvalue weighted by Crippen LogP contribution is -2.45. The molecular weight excluding hydrogens is 376 g/mol. The van der Waals surface area contributed by atoms with Crippen molar-refractivity contribution in [3.63, 3.8) is 0 Å². The van der Waals surface area contributed by atoms with Gasteiger partial charge in [0.15, 0.2) is 0 Å². The van der Waals surface area contributed by atoms with Gasteiger partial charge in [0.1, 0.15) is 6.04 Å². The summed E-state index contributed by atoms with van der Waals surface area (Å²) in [6.07, 6.45) is 0.984. The molecule has 0 bridgehead atoms. The van der Waals surface area contributed by atoms with E-state index in [0.717, 1.165) is 0 Å². The maximum absolute atomic E-state index is 12.2. The summed E-state index contributed by atoms with van der Waals surface area (Å²) in [4.78, 5) is 24.3. The molecule has 0 radical (unpaired) electrons. The molecule has 1 aromatic carbocycles. The van der Waals surface area contributed by atoms with Gasteiger partial charge in [-0.2, -0.15) is 0 Å². The van der Waals surface area contributed by atoms with E-state index in [0.29, 0.717) is 23.9 Å². The van der Waals surface area contributed by atoms with Crippen LogP contribution in [0.5, 0.6) is 0 Å². The van der Waals surface area contributed by atoms with Gasteiger partial charge in [0.2, 0.25) is 15.9 Å². The van der Waals surface area contributed by atoms with Crippen LogP contribution in [0.3, 0.4) is 0 Å². The fourth-order valence-electron chi connectivity index (χ4n) is 2.32. The number of carbonyl (C=O) groups is 2. The van der Waals surface area contributed by atoms with Crippen molar-refractivity contribution in [1.82, 2.24) is 9.62 Å². The van der Waals surface area contributed by atoms with Crippen LogP contribution in [0.15, 0.2) is 33.6 Å². The predicted octanol–water partition coefficient (Wildman–Crippen LogP) is 0.803. The summed E-state index contributed by atoms with van der Waals surface area (Å²) in [6.45, 7) is -0.139. The van der Waals surface area contributed by atoms with Gasteiger partial charge in [0, 0.05) is 11.0 Å². The number of carboxylic acids is 1. The van der Waals surface area contributed by atoms with Gasteiger partial charge in [-0.15, -0.1) is 0 Å². The summed E-state index contributed by atoms with van der Waals surface area (Å²) < 4.78 is 26.9. The zero-order valence-corrected chi connectivity index (χ0v) is 13.9. The minimum absolute atomic E-state index is 0.0269. The molecule has 1 amide bonds. The summed E-state index contributed by atoms with van der Waals surface area (Å²) in [5, 5.41) is 9.04. The van der Waals surface area contributed by atoms with Crippen molar-refractivity contribution < 1.29 is 23.1 Å². The van der Waals surface area contributed by atoms with E-state index in [9.17, 15) is 18.0 Å². The third kappa shape index (κ3) is 3.65. The first kappa shape index (κ1) is 16.9. The van der Waals surface area contributed by atoms with E-state index in [-0.39, 0.29) is 4.90 Å². The summed E-state index contributed by atoms with van der Waals surface area (Å²) in [6, 6.07) is 5.36. The van der Waals surface area contributed by atoms with Gasteiger partial charge in [-0.05, 0) is 40.9 Å². The number of sulfonamides is 1. The Hall–Kier alpha value is -1.45. The van der Waals surface area contributed by atoms with Crippen LogP contribution in [0, 0.1) is 0 Å². The van der Waals surface area contributed by atoms with Gasteiger partial charge >= 0.3 is 5.97 Å². The lowest BCUT2D eigenvalue weighted by atomic mass is 10.2. The number of benzene rings is 1. The Morgan fingerprint density at radius 2 is 2.05 bits per heavy atom. The van der Waals surface area contributed by atoms with Gasteiger partial charge < -0.3 is 10.0 Å². The minimum Gasteiger partial charge on any atom is -0.480 e. The van der Waals surface area contributed by atoms with Gasteiger partial charge in [-0.3, -0.25) is 4.79 Å². The van der Waals surface area contributed by atoms with Gasteiger partial charge in [0.05, 0.1) is 11.4 Å². The third-order valence-corrected chi connectivity index (χ3v) is 5.81. The highest BCUT2D eigenvalue weighted by Crippen LogP contribution is 2.21. The van der Waals surface area contributed by atoms with Gasteiger partial charge in [-0.25, -0.2) is 17.9 Å². The highest BCUT2D eigenvalue weighted by atomic mass is 79.9. The molecule has 7 nitrogen and oxygen atoms in total. The number of hydrogen-bond donors (Lipinski definition) is 2. The van der Waals surface area contributed by atoms with Crippen LogP contribution in [0.2, 0.25) is 0 Å². The average molecular weight is 391 g/mol. The molecular formula is C13H15BrN2O5S. The van der Waals surface area contributed by atoms with Crippen molar-refractivity contribution in [3.05, 3.63) is 28.7 Å². The first-order valence-corrected chi connectivity index (χ1v) is 8.87. The monoisotopic (exact) mass is 390 g/mol. The number of hydrogen-bond acceptors (Lipinski definition) is 4. The van der Waals surface area contributed by atoms with Crippen LogP contribution in [-0.4, -0.2) is 49.4 Å². The number of halogens is 1. The topological polar surface area (TPSA) is 104 Å². The summed E-state index contributed by atoms with van der Waals surface area (Å²) in [7, 11) is -3.85. The Bertz CT molecular complexity index is 691. The molecule has 1 heterocycles. The number of amides is 1. The molecule has 1 saturated heterocycles. The van der Waals surface area contributed by atoms with Crippen LogP contribution in [0.4, 0.5) is 0 Å². The number of aliphatic carboxylic acids is 1. The quantitative estimate of drug-likeness (QED) is 0.773. The maximum Gasteiger partial charge on any atom is 0.326 e. The molecule has 1 aliphatic rings. The van der Waals surface area contributed by atoms with Crippen LogP contribution < -0.4 is 4.72 Å². The fraction of sp³-hybridized carbons (Fsp3) is 0.385. The van der Waals surface area contributed by atoms with E-state index in [4.69, 9.17) is 5.11 Å². The molecule has 9 heteroatoms. The van der Waals surface area contributed by atoms with E-state index in [1.54, 1.807) is 18.2 Å². The molecule has 2 rings (SSSR count). The molecule has 0 spiro atoms. The lowest BCUT2D eigenvalue weighted by molar-refractivity contribution is -0.147. The Balaban J connectivity index is 2.05. The predicted molar refractivity (Wildman–Crippen MR) is 81.7 cm³/mol. The maximum atomic E-state index is 12.2. The number of likely N-dealkylation sites (tertiary alicyclic amines) is 1. The van der Waals surface area contributed by atoms with E-state index >= 15 is 0 Å². The van der Waals surface area contributed by atoms with Gasteiger partial charge in [0.25, 0.3) is 0 Å². The van der Waals surface area contributed by atoms with Crippen LogP contribution in [-0.2, 0) is 19.6 Å². The van der Waals surface area contributed by atoms with Crippen LogP contribution in [0.1, 0.15) is 12.8 Å². The van der Waals surface area contributed by atoms with Crippen molar-refractivity contribution in [3.8, 4) is 0 Å². The molecule has 1 aliphatic heterocycles. The van der Waals surface area contributed by atoms with Crippen LogP contribution in [0.25, 0.3) is 0 Å². The standard InChI is InChI=1S/C13H15BrN2O5S/c14-9-4-1-2-6-11(9)22(20,21)15-8-12(17)16-7-3-5-10(16)13(18)19/h1-2,4,6,10,15H,3,5,7-8H2,(H,18,19). The fourth-order valence-corrected chi connectivity index (χ4v) is 4.30. The highest BCUT2D eigenvalue weighted by Gasteiger charge is 2.34. The van der Waals surface area contributed by atoms with Crippen molar-refractivity contribution in [2.45, 2.75) is 23.8 Å². The lowest BCUT2D eigenvalue weighted by Gasteiger charge is -2.21. The van der Waals surface area contributed by atoms with Crippen LogP contribution >= 0.6 is 15.9 Å². The number of nitrogens with zero attached hydrogens (tertiary/aromatic N) is 1. The van der Waals surface area contributed by atoms with Crippen molar-refractivity contribution in [1.29, 1.82) is 0 Å². The van der Waals surface area contributed by atoms with E-state index in [1.807, 2.05) is 0 Å². The minimum atomic E-state index is -3.85. The first-order chi connectivity index (χ1) is 10.3. The summed E-state index contributed by atoms with van der Waals surface area (Å²) in [5.74, 6) is -1.61. The summed E-state index contributed by atoms with van der Waals surface area (Å²) >= 11 is 3.14. The second-order valence-corrected chi connectivity index (χ2v) is 7.43. The molecule has 1 fully saturated rings. The number of carbonyl (C=O) groups excluding carboxylic acids is 1. The van der Waals surface area contributed by atoms with E-state index < -0.39 is 34.5 Å². The smallest absolute Gasteiger partial charge is 0.326 e. The highest BCUT2D eigenvalue weighted by molar-refractivity contribution is 9.10. The molecule has 0 aliphatic carbocycles. The van der Waals surface area contributed by atoms with Crippen molar-refractivity contribution in [2.24, 2.45) is 0 Å². The molecule has 120 valence electrons. The Labute approximate surface area is 136 Å². The van der Waals surface area contributed by atoms with Crippen molar-refractivity contribution in [2.75, 3.05) is 13.1 Å². The molecule has 0 aromatic heterocycles. The number of rotatable bonds is 5. The number of carboxylic acid groups (broad SMARTS) is 1. The second-order valence-electron chi connectivity index (χ2n) is 4.84. The molecule has 1 aromatic rings. The zero-order chi connectivity index (χ0) is 16.3.